The zero-order valence-electron chi connectivity index (χ0n) is 6.96. The normalized spacial score (nSPS) is 10.2. The van der Waals surface area contributed by atoms with E-state index in [4.69, 9.17) is 17.3 Å². The molecule has 1 heterocycles. The van der Waals surface area contributed by atoms with Crippen LogP contribution in [0.25, 0.3) is 0 Å². The summed E-state index contributed by atoms with van der Waals surface area (Å²) in [6.45, 7) is 0.509. The minimum atomic E-state index is 0.509. The minimum Gasteiger partial charge on any atom is -0.325 e. The summed E-state index contributed by atoms with van der Waals surface area (Å²) in [6, 6.07) is 4.04. The van der Waals surface area contributed by atoms with Crippen molar-refractivity contribution in [2.24, 2.45) is 5.73 Å². The van der Waals surface area contributed by atoms with Gasteiger partial charge in [0.25, 0.3) is 0 Å². The van der Waals surface area contributed by atoms with Gasteiger partial charge in [0.2, 0.25) is 0 Å². The molecule has 0 atom stereocenters. The maximum atomic E-state index is 5.58. The minimum absolute atomic E-state index is 0.509. The Morgan fingerprint density at radius 1 is 1.50 bits per heavy atom. The zero-order valence-corrected chi connectivity index (χ0v) is 7.72. The Bertz CT molecular complexity index is 238. The molecule has 0 fully saturated rings. The lowest BCUT2D eigenvalue weighted by atomic mass is 10.1. The van der Waals surface area contributed by atoms with Crippen LogP contribution in [0, 0.1) is 0 Å². The molecule has 0 spiro atoms. The molecule has 3 heteroatoms. The van der Waals surface area contributed by atoms with Crippen molar-refractivity contribution in [3.8, 4) is 0 Å². The second-order valence-corrected chi connectivity index (χ2v) is 3.03. The highest BCUT2D eigenvalue weighted by molar-refractivity contribution is 6.17. The fraction of sp³-hybridized carbons (Fsp3) is 0.444. The van der Waals surface area contributed by atoms with Gasteiger partial charge in [-0.05, 0) is 30.5 Å². The van der Waals surface area contributed by atoms with Crippen molar-refractivity contribution in [1.82, 2.24) is 4.98 Å². The first-order valence-corrected chi connectivity index (χ1v) is 4.60. The van der Waals surface area contributed by atoms with Crippen LogP contribution in [0.3, 0.4) is 0 Å². The van der Waals surface area contributed by atoms with Gasteiger partial charge in [-0.3, -0.25) is 4.98 Å². The number of hydrogen-bond donors (Lipinski definition) is 1. The highest BCUT2D eigenvalue weighted by Gasteiger charge is 1.94. The quantitative estimate of drug-likeness (QED) is 0.724. The molecule has 0 aliphatic carbocycles. The molecule has 1 aromatic rings. The molecule has 1 rings (SSSR count). The van der Waals surface area contributed by atoms with E-state index in [9.17, 15) is 0 Å². The molecule has 0 radical (unpaired) electrons. The number of nitrogens with two attached hydrogens (primary N) is 1. The van der Waals surface area contributed by atoms with Crippen molar-refractivity contribution in [3.05, 3.63) is 29.6 Å². The first kappa shape index (κ1) is 9.49. The first-order valence-electron chi connectivity index (χ1n) is 4.06. The lowest BCUT2D eigenvalue weighted by Gasteiger charge is -2.00. The third-order valence-corrected chi connectivity index (χ3v) is 1.96. The van der Waals surface area contributed by atoms with Gasteiger partial charge in [0.15, 0.2) is 0 Å². The second kappa shape index (κ2) is 5.12. The van der Waals surface area contributed by atoms with Crippen LogP contribution in [0.15, 0.2) is 18.3 Å². The summed E-state index contributed by atoms with van der Waals surface area (Å²) in [5.41, 5.74) is 7.67. The lowest BCUT2D eigenvalue weighted by Crippen LogP contribution is -2.00. The lowest BCUT2D eigenvalue weighted by molar-refractivity contribution is 0.906. The van der Waals surface area contributed by atoms with E-state index in [1.54, 1.807) is 6.20 Å². The number of aryl methyl sites for hydroxylation is 1. The van der Waals surface area contributed by atoms with Gasteiger partial charge in [0.1, 0.15) is 0 Å². The van der Waals surface area contributed by atoms with Crippen molar-refractivity contribution < 1.29 is 0 Å². The number of hydrogen-bond acceptors (Lipinski definition) is 2. The van der Waals surface area contributed by atoms with Crippen LogP contribution in [0.2, 0.25) is 0 Å². The van der Waals surface area contributed by atoms with Crippen LogP contribution in [0.1, 0.15) is 17.7 Å². The van der Waals surface area contributed by atoms with E-state index in [1.165, 1.54) is 5.56 Å². The Kier molecular flexibility index (Phi) is 4.05. The second-order valence-electron chi connectivity index (χ2n) is 2.65. The molecule has 0 aliphatic heterocycles. The average Bonchev–Trinajstić information content (AvgIpc) is 2.15. The molecular formula is C9H13ClN2. The maximum Gasteiger partial charge on any atom is 0.0542 e. The fourth-order valence-corrected chi connectivity index (χ4v) is 1.20. The summed E-state index contributed by atoms with van der Waals surface area (Å²) in [5, 5.41) is 0. The van der Waals surface area contributed by atoms with Crippen LogP contribution in [-0.2, 0) is 13.0 Å². The van der Waals surface area contributed by atoms with Crippen LogP contribution in [0.4, 0.5) is 0 Å². The number of aromatic nitrogens is 1. The van der Waals surface area contributed by atoms with Crippen LogP contribution in [-0.4, -0.2) is 10.9 Å². The summed E-state index contributed by atoms with van der Waals surface area (Å²) in [7, 11) is 0. The molecule has 1 aromatic heterocycles. The Hall–Kier alpha value is -0.600. The monoisotopic (exact) mass is 184 g/mol. The fourth-order valence-electron chi connectivity index (χ4n) is 1.07. The van der Waals surface area contributed by atoms with Crippen LogP contribution in [0.5, 0.6) is 0 Å². The van der Waals surface area contributed by atoms with E-state index in [2.05, 4.69) is 4.98 Å². The van der Waals surface area contributed by atoms with Crippen molar-refractivity contribution in [2.45, 2.75) is 19.4 Å². The Labute approximate surface area is 77.8 Å². The predicted molar refractivity (Wildman–Crippen MR) is 51.2 cm³/mol. The van der Waals surface area contributed by atoms with Gasteiger partial charge in [-0.2, -0.15) is 0 Å². The molecule has 0 aromatic carbocycles. The van der Waals surface area contributed by atoms with Gasteiger partial charge in [0, 0.05) is 18.6 Å². The Morgan fingerprint density at radius 3 is 3.00 bits per heavy atom. The number of nitrogens with zero attached hydrogens (tertiary/aromatic N) is 1. The van der Waals surface area contributed by atoms with Gasteiger partial charge in [-0.25, -0.2) is 0 Å². The standard InChI is InChI=1S/C9H13ClN2/c10-4-1-2-8-3-5-12-9(6-8)7-11/h3,5-6H,1-2,4,7,11H2. The molecular weight excluding hydrogens is 172 g/mol. The van der Waals surface area contributed by atoms with Gasteiger partial charge in [-0.15, -0.1) is 11.6 Å². The van der Waals surface area contributed by atoms with Gasteiger partial charge in [0.05, 0.1) is 5.69 Å². The summed E-state index contributed by atoms with van der Waals surface area (Å²) in [4.78, 5) is 4.11. The number of alkyl halides is 1. The molecule has 0 amide bonds. The topological polar surface area (TPSA) is 38.9 Å². The number of pyridine rings is 1. The van der Waals surface area contributed by atoms with Crippen LogP contribution < -0.4 is 5.73 Å². The molecule has 2 N–H and O–H groups in total. The van der Waals surface area contributed by atoms with Gasteiger partial charge >= 0.3 is 0 Å². The molecule has 2 nitrogen and oxygen atoms in total. The summed E-state index contributed by atoms with van der Waals surface area (Å²) >= 11 is 5.58. The van der Waals surface area contributed by atoms with E-state index in [0.29, 0.717) is 12.4 Å². The van der Waals surface area contributed by atoms with E-state index < -0.39 is 0 Å². The molecule has 0 unspecified atom stereocenters. The highest BCUT2D eigenvalue weighted by Crippen LogP contribution is 2.04. The average molecular weight is 185 g/mol. The predicted octanol–water partition coefficient (Wildman–Crippen LogP) is 1.71. The summed E-state index contributed by atoms with van der Waals surface area (Å²) in [5.74, 6) is 0.709. The van der Waals surface area contributed by atoms with Crippen LogP contribution >= 0.6 is 11.6 Å². The van der Waals surface area contributed by atoms with Crippen molar-refractivity contribution >= 4 is 11.6 Å². The number of halogens is 1. The molecule has 66 valence electrons. The molecule has 0 saturated carbocycles. The third-order valence-electron chi connectivity index (χ3n) is 1.69. The van der Waals surface area contributed by atoms with E-state index >= 15 is 0 Å². The van der Waals surface area contributed by atoms with E-state index in [0.717, 1.165) is 18.5 Å². The van der Waals surface area contributed by atoms with Crippen molar-refractivity contribution in [3.63, 3.8) is 0 Å². The smallest absolute Gasteiger partial charge is 0.0542 e. The van der Waals surface area contributed by atoms with Gasteiger partial charge in [-0.1, -0.05) is 0 Å². The highest BCUT2D eigenvalue weighted by atomic mass is 35.5. The maximum absolute atomic E-state index is 5.58. The zero-order chi connectivity index (χ0) is 8.81. The molecule has 0 bridgehead atoms. The molecule has 12 heavy (non-hydrogen) atoms. The largest absolute Gasteiger partial charge is 0.325 e. The Balaban J connectivity index is 2.60. The molecule has 0 aliphatic rings. The first-order chi connectivity index (χ1) is 5.86. The summed E-state index contributed by atoms with van der Waals surface area (Å²) < 4.78 is 0. The van der Waals surface area contributed by atoms with E-state index in [1.807, 2.05) is 12.1 Å². The Morgan fingerprint density at radius 2 is 2.33 bits per heavy atom. The third kappa shape index (κ3) is 2.80. The SMILES string of the molecule is NCc1cc(CCCCl)ccn1. The van der Waals surface area contributed by atoms with Gasteiger partial charge < -0.3 is 5.73 Å². The molecule has 0 saturated heterocycles. The number of rotatable bonds is 4. The van der Waals surface area contributed by atoms with Crippen molar-refractivity contribution in [2.75, 3.05) is 5.88 Å². The van der Waals surface area contributed by atoms with Crippen molar-refractivity contribution in [1.29, 1.82) is 0 Å². The summed E-state index contributed by atoms with van der Waals surface area (Å²) in [6.07, 6.45) is 3.82. The van der Waals surface area contributed by atoms with E-state index in [-0.39, 0.29) is 0 Å².